The quantitative estimate of drug-likeness (QED) is 0.502. The number of benzene rings is 1. The molecule has 0 aliphatic carbocycles. The highest BCUT2D eigenvalue weighted by molar-refractivity contribution is 5.91. The fourth-order valence-corrected chi connectivity index (χ4v) is 2.86. The summed E-state index contributed by atoms with van der Waals surface area (Å²) in [6, 6.07) is 13.2. The monoisotopic (exact) mass is 356 g/mol. The topological polar surface area (TPSA) is 70.3 Å². The summed E-state index contributed by atoms with van der Waals surface area (Å²) in [5.74, 6) is 2.01. The molecule has 7 heteroatoms. The van der Waals surface area contributed by atoms with Crippen molar-refractivity contribution < 1.29 is 13.9 Å². The molecule has 1 aliphatic rings. The van der Waals surface area contributed by atoms with Gasteiger partial charge in [0.05, 0.1) is 12.8 Å². The fourth-order valence-electron chi connectivity index (χ4n) is 2.86. The molecular weight excluding hydrogens is 332 g/mol. The Labute approximate surface area is 153 Å². The van der Waals surface area contributed by atoms with E-state index in [9.17, 15) is 4.79 Å². The maximum Gasteiger partial charge on any atom is 0.289 e. The van der Waals surface area contributed by atoms with Crippen LogP contribution in [0.1, 0.15) is 10.6 Å². The molecule has 0 saturated carbocycles. The Balaban J connectivity index is 1.41. The van der Waals surface area contributed by atoms with E-state index in [-0.39, 0.29) is 5.91 Å². The van der Waals surface area contributed by atoms with Gasteiger partial charge >= 0.3 is 0 Å². The van der Waals surface area contributed by atoms with Crippen molar-refractivity contribution in [2.45, 2.75) is 0 Å². The first-order valence-electron chi connectivity index (χ1n) is 8.74. The van der Waals surface area contributed by atoms with Gasteiger partial charge in [-0.3, -0.25) is 9.79 Å². The van der Waals surface area contributed by atoms with E-state index in [2.05, 4.69) is 15.2 Å². The lowest BCUT2D eigenvalue weighted by atomic mass is 10.3. The standard InChI is InChI=1S/C19H24N4O3/c1-20-19(21-9-15-25-16-6-3-2-4-7-16)23-12-10-22(11-13-23)18(24)17-8-5-14-26-17/h2-8,14H,9-13,15H2,1H3,(H,20,21). The number of furan rings is 1. The molecule has 1 saturated heterocycles. The molecule has 0 radical (unpaired) electrons. The number of carbonyl (C=O) groups excluding carboxylic acids is 1. The Morgan fingerprint density at radius 1 is 1.12 bits per heavy atom. The number of hydrogen-bond donors (Lipinski definition) is 1. The number of nitrogens with one attached hydrogen (secondary N) is 1. The molecule has 2 aromatic rings. The van der Waals surface area contributed by atoms with Crippen LogP contribution in [0.25, 0.3) is 0 Å². The van der Waals surface area contributed by atoms with Gasteiger partial charge in [-0.1, -0.05) is 18.2 Å². The van der Waals surface area contributed by atoms with Gasteiger partial charge in [0.1, 0.15) is 12.4 Å². The largest absolute Gasteiger partial charge is 0.492 e. The zero-order valence-electron chi connectivity index (χ0n) is 14.9. The van der Waals surface area contributed by atoms with Gasteiger partial charge in [0, 0.05) is 33.2 Å². The molecule has 1 aromatic heterocycles. The van der Waals surface area contributed by atoms with Crippen LogP contribution in [0, 0.1) is 0 Å². The van der Waals surface area contributed by atoms with E-state index in [1.165, 1.54) is 6.26 Å². The van der Waals surface area contributed by atoms with Crippen LogP contribution >= 0.6 is 0 Å². The summed E-state index contributed by atoms with van der Waals surface area (Å²) in [5.41, 5.74) is 0. The second-order valence-electron chi connectivity index (χ2n) is 5.89. The van der Waals surface area contributed by atoms with Crippen molar-refractivity contribution in [2.24, 2.45) is 4.99 Å². The predicted octanol–water partition coefficient (Wildman–Crippen LogP) is 1.69. The molecule has 1 N–H and O–H groups in total. The van der Waals surface area contributed by atoms with Gasteiger partial charge in [-0.2, -0.15) is 0 Å². The number of nitrogens with zero attached hydrogens (tertiary/aromatic N) is 3. The number of carbonyl (C=O) groups is 1. The fraction of sp³-hybridized carbons (Fsp3) is 0.368. The van der Waals surface area contributed by atoms with Crippen LogP contribution in [-0.4, -0.2) is 68.0 Å². The number of aliphatic imine (C=N–C) groups is 1. The molecule has 138 valence electrons. The first-order chi connectivity index (χ1) is 12.8. The molecule has 0 spiro atoms. The molecule has 26 heavy (non-hydrogen) atoms. The second-order valence-corrected chi connectivity index (χ2v) is 5.89. The van der Waals surface area contributed by atoms with Crippen LogP contribution in [0.4, 0.5) is 0 Å². The van der Waals surface area contributed by atoms with Gasteiger partial charge in [0.25, 0.3) is 5.91 Å². The Morgan fingerprint density at radius 2 is 1.85 bits per heavy atom. The SMILES string of the molecule is CN=C(NCCOc1ccccc1)N1CCN(C(=O)c2ccco2)CC1. The molecule has 0 atom stereocenters. The molecule has 3 rings (SSSR count). The molecular formula is C19H24N4O3. The number of guanidine groups is 1. The van der Waals surface area contributed by atoms with E-state index >= 15 is 0 Å². The highest BCUT2D eigenvalue weighted by atomic mass is 16.5. The van der Waals surface area contributed by atoms with Crippen LogP contribution in [-0.2, 0) is 0 Å². The lowest BCUT2D eigenvalue weighted by Crippen LogP contribution is -2.54. The molecule has 1 amide bonds. The highest BCUT2D eigenvalue weighted by Crippen LogP contribution is 2.10. The summed E-state index contributed by atoms with van der Waals surface area (Å²) in [6.45, 7) is 3.95. The van der Waals surface area contributed by atoms with E-state index in [0.29, 0.717) is 32.0 Å². The van der Waals surface area contributed by atoms with Gasteiger partial charge in [0.2, 0.25) is 0 Å². The van der Waals surface area contributed by atoms with Crippen LogP contribution in [0.5, 0.6) is 5.75 Å². The van der Waals surface area contributed by atoms with E-state index in [4.69, 9.17) is 9.15 Å². The van der Waals surface area contributed by atoms with Crippen LogP contribution in [0.3, 0.4) is 0 Å². The number of hydrogen-bond acceptors (Lipinski definition) is 4. The molecule has 0 bridgehead atoms. The maximum atomic E-state index is 12.3. The zero-order valence-corrected chi connectivity index (χ0v) is 14.9. The van der Waals surface area contributed by atoms with Crippen LogP contribution in [0.2, 0.25) is 0 Å². The first-order valence-corrected chi connectivity index (χ1v) is 8.74. The van der Waals surface area contributed by atoms with E-state index in [1.807, 2.05) is 30.3 Å². The summed E-state index contributed by atoms with van der Waals surface area (Å²) < 4.78 is 10.9. The van der Waals surface area contributed by atoms with Crippen molar-refractivity contribution >= 4 is 11.9 Å². The van der Waals surface area contributed by atoms with Crippen molar-refractivity contribution in [3.8, 4) is 5.75 Å². The van der Waals surface area contributed by atoms with Crippen LogP contribution in [0.15, 0.2) is 58.1 Å². The van der Waals surface area contributed by atoms with Crippen molar-refractivity contribution in [3.05, 3.63) is 54.5 Å². The summed E-state index contributed by atoms with van der Waals surface area (Å²) in [6.07, 6.45) is 1.52. The third-order valence-electron chi connectivity index (χ3n) is 4.21. The van der Waals surface area contributed by atoms with Crippen LogP contribution < -0.4 is 10.1 Å². The minimum absolute atomic E-state index is 0.0612. The summed E-state index contributed by atoms with van der Waals surface area (Å²) in [5, 5.41) is 3.31. The molecule has 0 unspecified atom stereocenters. The van der Waals surface area contributed by atoms with Gasteiger partial charge in [-0.25, -0.2) is 0 Å². The Bertz CT molecular complexity index is 708. The number of rotatable bonds is 5. The molecule has 7 nitrogen and oxygen atoms in total. The number of amides is 1. The maximum absolute atomic E-state index is 12.3. The Morgan fingerprint density at radius 3 is 2.50 bits per heavy atom. The van der Waals surface area contributed by atoms with Crippen molar-refractivity contribution in [2.75, 3.05) is 46.4 Å². The van der Waals surface area contributed by atoms with E-state index < -0.39 is 0 Å². The van der Waals surface area contributed by atoms with Gasteiger partial charge in [0.15, 0.2) is 11.7 Å². The van der Waals surface area contributed by atoms with E-state index in [0.717, 1.165) is 24.8 Å². The van der Waals surface area contributed by atoms with Gasteiger partial charge in [-0.05, 0) is 24.3 Å². The summed E-state index contributed by atoms with van der Waals surface area (Å²) >= 11 is 0. The van der Waals surface area contributed by atoms with Gasteiger partial charge in [-0.15, -0.1) is 0 Å². The van der Waals surface area contributed by atoms with Crippen molar-refractivity contribution in [1.29, 1.82) is 0 Å². The average Bonchev–Trinajstić information content (AvgIpc) is 3.23. The lowest BCUT2D eigenvalue weighted by Gasteiger charge is -2.36. The Hall–Kier alpha value is -2.96. The molecule has 1 fully saturated rings. The number of ether oxygens (including phenoxy) is 1. The molecule has 2 heterocycles. The third-order valence-corrected chi connectivity index (χ3v) is 4.21. The van der Waals surface area contributed by atoms with E-state index in [1.54, 1.807) is 24.1 Å². The van der Waals surface area contributed by atoms with Crippen molar-refractivity contribution in [3.63, 3.8) is 0 Å². The zero-order chi connectivity index (χ0) is 18.2. The number of para-hydroxylation sites is 1. The average molecular weight is 356 g/mol. The van der Waals surface area contributed by atoms with Gasteiger partial charge < -0.3 is 24.3 Å². The lowest BCUT2D eigenvalue weighted by molar-refractivity contribution is 0.0657. The first kappa shape index (κ1) is 17.8. The minimum atomic E-state index is -0.0612. The molecule has 1 aliphatic heterocycles. The normalized spacial score (nSPS) is 15.0. The molecule has 1 aromatic carbocycles. The summed E-state index contributed by atoms with van der Waals surface area (Å²) in [4.78, 5) is 20.6. The highest BCUT2D eigenvalue weighted by Gasteiger charge is 2.24. The minimum Gasteiger partial charge on any atom is -0.492 e. The van der Waals surface area contributed by atoms with Crippen molar-refractivity contribution in [1.82, 2.24) is 15.1 Å². The summed E-state index contributed by atoms with van der Waals surface area (Å²) in [7, 11) is 1.76. The smallest absolute Gasteiger partial charge is 0.289 e. The Kier molecular flexibility index (Phi) is 6.14. The third kappa shape index (κ3) is 4.56. The predicted molar refractivity (Wildman–Crippen MR) is 99.5 cm³/mol. The number of piperazine rings is 1. The second kappa shape index (κ2) is 8.94.